The number of nitrogens with two attached hydrogens (primary N) is 1. The Balaban J connectivity index is 1.84. The number of carbonyl (C=O) groups excluding carboxylic acids is 1. The fourth-order valence-corrected chi connectivity index (χ4v) is 4.95. The Morgan fingerprint density at radius 3 is 2.44 bits per heavy atom. The van der Waals surface area contributed by atoms with Crippen LogP contribution in [-0.2, 0) is 17.8 Å². The molecule has 3 N–H and O–H groups in total. The number of likely N-dealkylation sites (tertiary alicyclic amines) is 1. The van der Waals surface area contributed by atoms with Gasteiger partial charge >= 0.3 is 5.97 Å². The minimum atomic E-state index is -0.821. The lowest BCUT2D eigenvalue weighted by Crippen LogP contribution is -2.34. The van der Waals surface area contributed by atoms with E-state index >= 15 is 0 Å². The van der Waals surface area contributed by atoms with Crippen LogP contribution < -0.4 is 5.73 Å². The summed E-state index contributed by atoms with van der Waals surface area (Å²) in [5, 5.41) is 11.2. The molecule has 0 spiro atoms. The number of primary amides is 1. The number of hydrogen-bond acceptors (Lipinski definition) is 3. The summed E-state index contributed by atoms with van der Waals surface area (Å²) < 4.78 is 0. The van der Waals surface area contributed by atoms with E-state index in [1.807, 2.05) is 42.5 Å². The van der Waals surface area contributed by atoms with Crippen LogP contribution in [0.5, 0.6) is 0 Å². The Morgan fingerprint density at radius 2 is 1.75 bits per heavy atom. The maximum absolute atomic E-state index is 12.7. The van der Waals surface area contributed by atoms with Crippen LogP contribution in [0, 0.1) is 5.92 Å². The van der Waals surface area contributed by atoms with E-state index in [1.54, 1.807) is 6.92 Å². The Morgan fingerprint density at radius 1 is 1.06 bits per heavy atom. The van der Waals surface area contributed by atoms with Gasteiger partial charge in [0.15, 0.2) is 0 Å². The second-order valence-electron chi connectivity index (χ2n) is 8.82. The summed E-state index contributed by atoms with van der Waals surface area (Å²) in [6, 6.07) is 20.2. The van der Waals surface area contributed by atoms with Gasteiger partial charge in [-0.05, 0) is 53.3 Å². The number of fused-ring (bicyclic) bond motifs is 1. The first-order valence-electron chi connectivity index (χ1n) is 11.3. The van der Waals surface area contributed by atoms with Crippen molar-refractivity contribution < 1.29 is 14.7 Å². The SMILES string of the molecule is C[C@H](Cc1cc(C2CCCCN2Cc2ccccc2)c(C(N)=O)c2ccccc12)C(=O)O. The maximum atomic E-state index is 12.7. The molecular formula is C27H30N2O3. The third kappa shape index (κ3) is 4.53. The van der Waals surface area contributed by atoms with E-state index in [0.29, 0.717) is 12.0 Å². The Kier molecular flexibility index (Phi) is 6.56. The average molecular weight is 431 g/mol. The molecule has 1 heterocycles. The number of carbonyl (C=O) groups is 2. The molecule has 0 bridgehead atoms. The maximum Gasteiger partial charge on any atom is 0.306 e. The number of amides is 1. The first-order valence-corrected chi connectivity index (χ1v) is 11.3. The summed E-state index contributed by atoms with van der Waals surface area (Å²) in [5.41, 5.74) is 9.63. The van der Waals surface area contributed by atoms with E-state index in [1.165, 1.54) is 5.56 Å². The fourth-order valence-electron chi connectivity index (χ4n) is 4.95. The van der Waals surface area contributed by atoms with E-state index in [4.69, 9.17) is 5.73 Å². The number of rotatable bonds is 7. The standard InChI is InChI=1S/C27H30N2O3/c1-18(27(31)32)15-20-16-23(25(26(28)30)22-12-6-5-11-21(20)22)24-13-7-8-14-29(24)17-19-9-3-2-4-10-19/h2-6,9-12,16,18,24H,7-8,13-15,17H2,1H3,(H2,28,30)(H,31,32)/t18-,24?/m1/s1. The minimum Gasteiger partial charge on any atom is -0.481 e. The van der Waals surface area contributed by atoms with Gasteiger partial charge in [0, 0.05) is 12.6 Å². The monoisotopic (exact) mass is 430 g/mol. The highest BCUT2D eigenvalue weighted by Gasteiger charge is 2.29. The Bertz CT molecular complexity index is 1130. The predicted molar refractivity (Wildman–Crippen MR) is 126 cm³/mol. The smallest absolute Gasteiger partial charge is 0.306 e. The van der Waals surface area contributed by atoms with Crippen molar-refractivity contribution in [2.75, 3.05) is 6.54 Å². The third-order valence-corrected chi connectivity index (χ3v) is 6.56. The van der Waals surface area contributed by atoms with Crippen molar-refractivity contribution in [2.24, 2.45) is 11.7 Å². The molecule has 1 aliphatic rings. The quantitative estimate of drug-likeness (QED) is 0.557. The molecule has 5 nitrogen and oxygen atoms in total. The highest BCUT2D eigenvalue weighted by atomic mass is 16.4. The molecule has 1 fully saturated rings. The summed E-state index contributed by atoms with van der Waals surface area (Å²) in [6.45, 7) is 3.48. The van der Waals surface area contributed by atoms with Crippen molar-refractivity contribution in [3.8, 4) is 0 Å². The van der Waals surface area contributed by atoms with Crippen molar-refractivity contribution in [3.63, 3.8) is 0 Å². The van der Waals surface area contributed by atoms with Crippen LogP contribution in [-0.4, -0.2) is 28.4 Å². The molecular weight excluding hydrogens is 400 g/mol. The second kappa shape index (κ2) is 9.53. The van der Waals surface area contributed by atoms with Crippen molar-refractivity contribution in [1.29, 1.82) is 0 Å². The lowest BCUT2D eigenvalue weighted by Gasteiger charge is -2.37. The van der Waals surface area contributed by atoms with E-state index in [9.17, 15) is 14.7 Å². The van der Waals surface area contributed by atoms with Gasteiger partial charge < -0.3 is 10.8 Å². The van der Waals surface area contributed by atoms with Gasteiger partial charge in [0.25, 0.3) is 0 Å². The predicted octanol–water partition coefficient (Wildman–Crippen LogP) is 4.93. The van der Waals surface area contributed by atoms with E-state index in [-0.39, 0.29) is 6.04 Å². The van der Waals surface area contributed by atoms with Crippen LogP contribution in [0.4, 0.5) is 0 Å². The van der Waals surface area contributed by atoms with Gasteiger partial charge in [-0.25, -0.2) is 0 Å². The van der Waals surface area contributed by atoms with Crippen LogP contribution in [0.3, 0.4) is 0 Å². The molecule has 166 valence electrons. The van der Waals surface area contributed by atoms with Crippen molar-refractivity contribution >= 4 is 22.6 Å². The van der Waals surface area contributed by atoms with Crippen LogP contribution >= 0.6 is 0 Å². The molecule has 1 aliphatic heterocycles. The number of hydrogen-bond donors (Lipinski definition) is 2. The zero-order valence-corrected chi connectivity index (χ0v) is 18.5. The van der Waals surface area contributed by atoms with Gasteiger partial charge in [0.1, 0.15) is 0 Å². The minimum absolute atomic E-state index is 0.0648. The molecule has 4 rings (SSSR count). The summed E-state index contributed by atoms with van der Waals surface area (Å²) in [5.74, 6) is -1.77. The summed E-state index contributed by atoms with van der Waals surface area (Å²) in [6.07, 6.45) is 3.56. The molecule has 1 amide bonds. The zero-order valence-electron chi connectivity index (χ0n) is 18.5. The van der Waals surface area contributed by atoms with Crippen molar-refractivity contribution in [2.45, 2.75) is 45.2 Å². The number of aliphatic carboxylic acids is 1. The highest BCUT2D eigenvalue weighted by Crippen LogP contribution is 2.38. The first-order chi connectivity index (χ1) is 15.5. The molecule has 1 unspecified atom stereocenters. The van der Waals surface area contributed by atoms with Crippen molar-refractivity contribution in [3.05, 3.63) is 82.9 Å². The van der Waals surface area contributed by atoms with Crippen LogP contribution in [0.25, 0.3) is 10.8 Å². The lowest BCUT2D eigenvalue weighted by molar-refractivity contribution is -0.141. The van der Waals surface area contributed by atoms with Crippen LogP contribution in [0.2, 0.25) is 0 Å². The van der Waals surface area contributed by atoms with Crippen LogP contribution in [0.1, 0.15) is 59.3 Å². The number of nitrogens with zero attached hydrogens (tertiary/aromatic N) is 1. The molecule has 32 heavy (non-hydrogen) atoms. The zero-order chi connectivity index (χ0) is 22.7. The number of carboxylic acids is 1. The van der Waals surface area contributed by atoms with Gasteiger partial charge in [0.2, 0.25) is 5.91 Å². The number of benzene rings is 3. The third-order valence-electron chi connectivity index (χ3n) is 6.56. The van der Waals surface area contributed by atoms with Gasteiger partial charge in [-0.2, -0.15) is 0 Å². The molecule has 3 aromatic rings. The molecule has 0 aromatic heterocycles. The lowest BCUT2D eigenvalue weighted by atomic mass is 9.84. The molecule has 0 aliphatic carbocycles. The molecule has 1 saturated heterocycles. The Labute approximate surface area is 188 Å². The van der Waals surface area contributed by atoms with Gasteiger partial charge in [-0.15, -0.1) is 0 Å². The van der Waals surface area contributed by atoms with Gasteiger partial charge in [-0.1, -0.05) is 74.0 Å². The van der Waals surface area contributed by atoms with E-state index < -0.39 is 17.8 Å². The second-order valence-corrected chi connectivity index (χ2v) is 8.82. The summed E-state index contributed by atoms with van der Waals surface area (Å²) >= 11 is 0. The molecule has 0 saturated carbocycles. The summed E-state index contributed by atoms with van der Waals surface area (Å²) in [7, 11) is 0. The van der Waals surface area contributed by atoms with Gasteiger partial charge in [0.05, 0.1) is 11.5 Å². The molecule has 3 aromatic carbocycles. The Hall–Kier alpha value is -3.18. The topological polar surface area (TPSA) is 83.6 Å². The number of piperidine rings is 1. The van der Waals surface area contributed by atoms with Crippen LogP contribution in [0.15, 0.2) is 60.7 Å². The average Bonchev–Trinajstić information content (AvgIpc) is 2.79. The molecule has 5 heteroatoms. The van der Waals surface area contributed by atoms with Gasteiger partial charge in [-0.3, -0.25) is 14.5 Å². The number of carboxylic acid groups (broad SMARTS) is 1. The van der Waals surface area contributed by atoms with Crippen molar-refractivity contribution in [1.82, 2.24) is 4.90 Å². The molecule has 2 atom stereocenters. The fraction of sp³-hybridized carbons (Fsp3) is 0.333. The molecule has 0 radical (unpaired) electrons. The normalized spacial score (nSPS) is 17.8. The summed E-state index contributed by atoms with van der Waals surface area (Å²) in [4.78, 5) is 26.7. The van der Waals surface area contributed by atoms with E-state index in [2.05, 4.69) is 23.1 Å². The first kappa shape index (κ1) is 22.0. The largest absolute Gasteiger partial charge is 0.481 e. The van der Waals surface area contributed by atoms with E-state index in [0.717, 1.165) is 54.3 Å². The highest BCUT2D eigenvalue weighted by molar-refractivity contribution is 6.08.